The van der Waals surface area contributed by atoms with Crippen molar-refractivity contribution in [3.63, 3.8) is 0 Å². The van der Waals surface area contributed by atoms with Gasteiger partial charge in [-0.3, -0.25) is 4.79 Å². The minimum Gasteiger partial charge on any atom is -0.497 e. The molecule has 1 aliphatic rings. The van der Waals surface area contributed by atoms with Gasteiger partial charge in [0.05, 0.1) is 7.11 Å². The number of para-hydroxylation sites is 1. The first kappa shape index (κ1) is 19.3. The van der Waals surface area contributed by atoms with Gasteiger partial charge < -0.3 is 9.64 Å². The summed E-state index contributed by atoms with van der Waals surface area (Å²) in [6, 6.07) is 26.3. The Morgan fingerprint density at radius 2 is 1.59 bits per heavy atom. The lowest BCUT2D eigenvalue weighted by atomic mass is 9.65. The van der Waals surface area contributed by atoms with E-state index < -0.39 is 0 Å². The number of anilines is 1. The first-order valence-electron chi connectivity index (χ1n) is 10.0. The minimum atomic E-state index is -0.362. The van der Waals surface area contributed by atoms with Crippen molar-refractivity contribution in [3.8, 4) is 5.75 Å². The Bertz CT molecular complexity index is 1040. The molecule has 1 amide bonds. The summed E-state index contributed by atoms with van der Waals surface area (Å²) < 4.78 is 5.33. The molecule has 4 rings (SSSR count). The van der Waals surface area contributed by atoms with Gasteiger partial charge in [0.2, 0.25) is 0 Å². The molecule has 0 spiro atoms. The predicted molar refractivity (Wildman–Crippen MR) is 118 cm³/mol. The van der Waals surface area contributed by atoms with Crippen LogP contribution in [0.25, 0.3) is 0 Å². The molecule has 0 unspecified atom stereocenters. The summed E-state index contributed by atoms with van der Waals surface area (Å²) in [6.07, 6.45) is 0.830. The van der Waals surface area contributed by atoms with E-state index in [0.29, 0.717) is 11.3 Å². The van der Waals surface area contributed by atoms with E-state index in [1.165, 1.54) is 11.1 Å². The summed E-state index contributed by atoms with van der Waals surface area (Å²) in [5.41, 5.74) is 3.53. The van der Waals surface area contributed by atoms with Crippen LogP contribution in [0.1, 0.15) is 48.7 Å². The fourth-order valence-electron chi connectivity index (χ4n) is 4.83. The second-order valence-corrected chi connectivity index (χ2v) is 8.58. The van der Waals surface area contributed by atoms with Gasteiger partial charge in [0.15, 0.2) is 0 Å². The molecule has 0 radical (unpaired) electrons. The van der Waals surface area contributed by atoms with Crippen molar-refractivity contribution >= 4 is 11.6 Å². The Kier molecular flexibility index (Phi) is 4.70. The third-order valence-corrected chi connectivity index (χ3v) is 6.06. The van der Waals surface area contributed by atoms with Crippen molar-refractivity contribution in [1.82, 2.24) is 0 Å². The molecule has 148 valence electrons. The average Bonchev–Trinajstić information content (AvgIpc) is 2.73. The number of rotatable bonds is 3. The Morgan fingerprint density at radius 1 is 0.897 bits per heavy atom. The number of fused-ring (bicyclic) bond motifs is 1. The van der Waals surface area contributed by atoms with Gasteiger partial charge in [0.25, 0.3) is 5.91 Å². The summed E-state index contributed by atoms with van der Waals surface area (Å²) in [5, 5.41) is 0. The van der Waals surface area contributed by atoms with Crippen LogP contribution in [0, 0.1) is 0 Å². The number of ether oxygens (including phenoxy) is 1. The average molecular weight is 386 g/mol. The lowest BCUT2D eigenvalue weighted by Gasteiger charge is -2.51. The van der Waals surface area contributed by atoms with Gasteiger partial charge in [0, 0.05) is 22.2 Å². The normalized spacial score (nSPS) is 20.1. The molecule has 1 aliphatic heterocycles. The van der Waals surface area contributed by atoms with E-state index in [1.54, 1.807) is 7.11 Å². The van der Waals surface area contributed by atoms with Crippen LogP contribution in [0.2, 0.25) is 0 Å². The van der Waals surface area contributed by atoms with E-state index in [0.717, 1.165) is 12.1 Å². The topological polar surface area (TPSA) is 29.5 Å². The maximum Gasteiger partial charge on any atom is 0.258 e. The molecule has 0 saturated heterocycles. The van der Waals surface area contributed by atoms with Gasteiger partial charge in [-0.1, -0.05) is 61.5 Å². The summed E-state index contributed by atoms with van der Waals surface area (Å²) in [6.45, 7) is 6.60. The van der Waals surface area contributed by atoms with Crippen molar-refractivity contribution in [2.24, 2.45) is 0 Å². The van der Waals surface area contributed by atoms with Crippen molar-refractivity contribution in [2.75, 3.05) is 12.0 Å². The fourth-order valence-corrected chi connectivity index (χ4v) is 4.83. The molecule has 1 atom stereocenters. The Labute approximate surface area is 172 Å². The van der Waals surface area contributed by atoms with Gasteiger partial charge in [-0.2, -0.15) is 0 Å². The number of methoxy groups -OCH3 is 1. The molecule has 3 aromatic carbocycles. The Balaban J connectivity index is 1.87. The number of benzene rings is 3. The highest BCUT2D eigenvalue weighted by atomic mass is 16.5. The Hall–Kier alpha value is -3.07. The molecular formula is C26H27NO2. The molecule has 3 nitrogen and oxygen atoms in total. The maximum atomic E-state index is 13.7. The van der Waals surface area contributed by atoms with Gasteiger partial charge in [-0.25, -0.2) is 0 Å². The zero-order chi connectivity index (χ0) is 20.6. The van der Waals surface area contributed by atoms with Crippen molar-refractivity contribution in [3.05, 3.63) is 95.6 Å². The summed E-state index contributed by atoms with van der Waals surface area (Å²) >= 11 is 0. The van der Waals surface area contributed by atoms with E-state index >= 15 is 0 Å². The molecule has 29 heavy (non-hydrogen) atoms. The summed E-state index contributed by atoms with van der Waals surface area (Å²) in [5.74, 6) is 0.685. The number of hydrogen-bond donors (Lipinski definition) is 0. The maximum absolute atomic E-state index is 13.7. The van der Waals surface area contributed by atoms with E-state index in [9.17, 15) is 4.79 Å². The molecule has 0 bridgehead atoms. The zero-order valence-corrected chi connectivity index (χ0v) is 17.5. The highest BCUT2D eigenvalue weighted by Crippen LogP contribution is 2.50. The third kappa shape index (κ3) is 3.21. The lowest BCUT2D eigenvalue weighted by molar-refractivity contribution is 0.0948. The quantitative estimate of drug-likeness (QED) is 0.568. The van der Waals surface area contributed by atoms with Crippen molar-refractivity contribution in [1.29, 1.82) is 0 Å². The third-order valence-electron chi connectivity index (χ3n) is 6.06. The highest BCUT2D eigenvalue weighted by molar-refractivity contribution is 6.08. The zero-order valence-electron chi connectivity index (χ0n) is 17.5. The monoisotopic (exact) mass is 385 g/mol. The predicted octanol–water partition coefficient (Wildman–Crippen LogP) is 5.83. The van der Waals surface area contributed by atoms with Gasteiger partial charge >= 0.3 is 0 Å². The van der Waals surface area contributed by atoms with Gasteiger partial charge in [0.1, 0.15) is 5.75 Å². The number of carbonyl (C=O) groups is 1. The molecule has 0 N–H and O–H groups in total. The smallest absolute Gasteiger partial charge is 0.258 e. The molecule has 0 aromatic heterocycles. The first-order valence-corrected chi connectivity index (χ1v) is 10.0. The number of hydrogen-bond acceptors (Lipinski definition) is 2. The van der Waals surface area contributed by atoms with Crippen molar-refractivity contribution < 1.29 is 9.53 Å². The minimum absolute atomic E-state index is 0.00328. The molecular weight excluding hydrogens is 358 g/mol. The van der Waals surface area contributed by atoms with Crippen LogP contribution >= 0.6 is 0 Å². The standard InChI is InChI=1S/C26H27NO2/c1-25(2)18-26(3,20-12-6-5-7-13-20)22-15-8-9-16-23(22)27(25)24(28)19-11-10-14-21(17-19)29-4/h5-17H,18H2,1-4H3/t26-/m0/s1. The van der Waals surface area contributed by atoms with Crippen molar-refractivity contribution in [2.45, 2.75) is 38.1 Å². The van der Waals surface area contributed by atoms with E-state index in [2.05, 4.69) is 63.2 Å². The van der Waals surface area contributed by atoms with E-state index in [-0.39, 0.29) is 16.9 Å². The van der Waals surface area contributed by atoms with Crippen LogP contribution in [0.4, 0.5) is 5.69 Å². The van der Waals surface area contributed by atoms with Gasteiger partial charge in [-0.05, 0) is 55.7 Å². The molecule has 0 aliphatic carbocycles. The fraction of sp³-hybridized carbons (Fsp3) is 0.269. The van der Waals surface area contributed by atoms with Gasteiger partial charge in [-0.15, -0.1) is 0 Å². The first-order chi connectivity index (χ1) is 13.9. The lowest BCUT2D eigenvalue weighted by Crippen LogP contribution is -2.55. The van der Waals surface area contributed by atoms with Crippen LogP contribution in [-0.2, 0) is 5.41 Å². The van der Waals surface area contributed by atoms with Crippen LogP contribution in [0.5, 0.6) is 5.75 Å². The molecule has 3 aromatic rings. The Morgan fingerprint density at radius 3 is 2.31 bits per heavy atom. The molecule has 3 heteroatoms. The second-order valence-electron chi connectivity index (χ2n) is 8.58. The second kappa shape index (κ2) is 7.07. The van der Waals surface area contributed by atoms with Crippen LogP contribution < -0.4 is 9.64 Å². The SMILES string of the molecule is COc1cccc(C(=O)N2c3ccccc3[C@](C)(c3ccccc3)CC2(C)C)c1. The molecule has 0 fully saturated rings. The van der Waals surface area contributed by atoms with E-state index in [1.807, 2.05) is 41.3 Å². The van der Waals surface area contributed by atoms with Crippen LogP contribution in [0.3, 0.4) is 0 Å². The molecule has 0 saturated carbocycles. The summed E-state index contributed by atoms with van der Waals surface area (Å²) in [4.78, 5) is 15.6. The number of carbonyl (C=O) groups excluding carboxylic acids is 1. The number of amides is 1. The number of nitrogens with zero attached hydrogens (tertiary/aromatic N) is 1. The van der Waals surface area contributed by atoms with E-state index in [4.69, 9.17) is 4.74 Å². The molecule has 1 heterocycles. The summed E-state index contributed by atoms with van der Waals surface area (Å²) in [7, 11) is 1.62. The van der Waals surface area contributed by atoms with Crippen LogP contribution in [0.15, 0.2) is 78.9 Å². The largest absolute Gasteiger partial charge is 0.497 e. The van der Waals surface area contributed by atoms with Crippen LogP contribution in [-0.4, -0.2) is 18.6 Å². The highest BCUT2D eigenvalue weighted by Gasteiger charge is 2.47.